The quantitative estimate of drug-likeness (QED) is 0.616. The second-order valence-corrected chi connectivity index (χ2v) is 7.74. The summed E-state index contributed by atoms with van der Waals surface area (Å²) in [5.74, 6) is -0.367. The third-order valence-corrected chi connectivity index (χ3v) is 5.04. The van der Waals surface area contributed by atoms with Crippen LogP contribution in [0.1, 0.15) is 16.8 Å². The molecular weight excluding hydrogens is 361 g/mol. The third-order valence-electron chi connectivity index (χ3n) is 4.11. The number of rotatable bonds is 7. The smallest absolute Gasteiger partial charge is 0.252 e. The molecule has 2 N–H and O–H groups in total. The van der Waals surface area contributed by atoms with E-state index in [1.165, 1.54) is 28.8 Å². The average Bonchev–Trinajstić information content (AvgIpc) is 2.66. The highest BCUT2D eigenvalue weighted by atomic mass is 32.2. The van der Waals surface area contributed by atoms with E-state index < -0.39 is 0 Å². The van der Waals surface area contributed by atoms with Gasteiger partial charge in [-0.3, -0.25) is 4.79 Å². The summed E-state index contributed by atoms with van der Waals surface area (Å²) in [6.07, 6.45) is 0.925. The summed E-state index contributed by atoms with van der Waals surface area (Å²) in [7, 11) is 4.19. The van der Waals surface area contributed by atoms with Crippen molar-refractivity contribution < 1.29 is 14.1 Å². The second-order valence-electron chi connectivity index (χ2n) is 6.65. The van der Waals surface area contributed by atoms with Gasteiger partial charge >= 0.3 is 0 Å². The number of halogens is 1. The summed E-state index contributed by atoms with van der Waals surface area (Å²) in [6.45, 7) is 1.64. The van der Waals surface area contributed by atoms with Crippen molar-refractivity contribution in [2.24, 2.45) is 0 Å². The van der Waals surface area contributed by atoms with Crippen molar-refractivity contribution in [2.45, 2.75) is 16.3 Å². The van der Waals surface area contributed by atoms with Gasteiger partial charge in [0.15, 0.2) is 0 Å². The maximum absolute atomic E-state index is 13.1. The fraction of sp³-hybridized carbons (Fsp3) is 0.238. The Kier molecular flexibility index (Phi) is 6.42. The molecule has 0 aliphatic carbocycles. The van der Waals surface area contributed by atoms with Gasteiger partial charge in [-0.05, 0) is 36.4 Å². The van der Waals surface area contributed by atoms with Crippen LogP contribution in [0.3, 0.4) is 0 Å². The molecule has 4 nitrogen and oxygen atoms in total. The van der Waals surface area contributed by atoms with Crippen LogP contribution in [0, 0.1) is 5.82 Å². The van der Waals surface area contributed by atoms with Crippen LogP contribution < -0.4 is 10.2 Å². The molecule has 3 aromatic rings. The number of pyridine rings is 1. The first-order chi connectivity index (χ1) is 13.0. The molecule has 0 unspecified atom stereocenters. The van der Waals surface area contributed by atoms with Crippen LogP contribution in [0.25, 0.3) is 10.9 Å². The van der Waals surface area contributed by atoms with Crippen molar-refractivity contribution in [2.75, 3.05) is 27.2 Å². The van der Waals surface area contributed by atoms with E-state index in [9.17, 15) is 9.18 Å². The lowest BCUT2D eigenvalue weighted by atomic mass is 10.1. The molecule has 0 aliphatic rings. The molecule has 2 aromatic carbocycles. The standard InChI is InChI=1S/C21H22FN3OS/c1-25(2)13-5-12-23-21(26)18-14-20(24-19-7-4-3-6-17(18)19)27-16-10-8-15(22)9-11-16/h3-4,6-11,14H,5,12-13H2,1-2H3,(H,23,26)/p+1. The lowest BCUT2D eigenvalue weighted by Gasteiger charge is -2.11. The predicted molar refractivity (Wildman–Crippen MR) is 107 cm³/mol. The van der Waals surface area contributed by atoms with Gasteiger partial charge in [-0.2, -0.15) is 0 Å². The Labute approximate surface area is 162 Å². The third kappa shape index (κ3) is 5.28. The first-order valence-corrected chi connectivity index (χ1v) is 9.75. The summed E-state index contributed by atoms with van der Waals surface area (Å²) >= 11 is 1.41. The molecule has 6 heteroatoms. The average molecular weight is 385 g/mol. The molecular formula is C21H23FN3OS+. The van der Waals surface area contributed by atoms with E-state index in [0.29, 0.717) is 17.1 Å². The van der Waals surface area contributed by atoms with Gasteiger partial charge in [0, 0.05) is 23.2 Å². The van der Waals surface area contributed by atoms with Gasteiger partial charge in [0.2, 0.25) is 0 Å². The highest BCUT2D eigenvalue weighted by molar-refractivity contribution is 7.99. The largest absolute Gasteiger partial charge is 0.352 e. The maximum Gasteiger partial charge on any atom is 0.252 e. The van der Waals surface area contributed by atoms with Crippen molar-refractivity contribution in [1.29, 1.82) is 0 Å². The van der Waals surface area contributed by atoms with Gasteiger partial charge in [0.1, 0.15) is 10.8 Å². The maximum atomic E-state index is 13.1. The molecule has 27 heavy (non-hydrogen) atoms. The van der Waals surface area contributed by atoms with Crippen LogP contribution in [-0.2, 0) is 0 Å². The van der Waals surface area contributed by atoms with Crippen molar-refractivity contribution in [3.8, 4) is 0 Å². The minimum Gasteiger partial charge on any atom is -0.352 e. The molecule has 0 aliphatic heterocycles. The highest BCUT2D eigenvalue weighted by Gasteiger charge is 2.13. The van der Waals surface area contributed by atoms with Crippen molar-refractivity contribution in [1.82, 2.24) is 10.3 Å². The van der Waals surface area contributed by atoms with E-state index in [2.05, 4.69) is 24.4 Å². The molecule has 0 spiro atoms. The van der Waals surface area contributed by atoms with Gasteiger partial charge in [0.25, 0.3) is 5.91 Å². The van der Waals surface area contributed by atoms with E-state index in [0.717, 1.165) is 28.8 Å². The van der Waals surface area contributed by atoms with E-state index >= 15 is 0 Å². The minimum atomic E-state index is -0.273. The normalized spacial score (nSPS) is 11.1. The molecule has 140 valence electrons. The fourth-order valence-corrected chi connectivity index (χ4v) is 3.59. The molecule has 1 amide bonds. The molecule has 0 saturated heterocycles. The van der Waals surface area contributed by atoms with Crippen molar-refractivity contribution in [3.63, 3.8) is 0 Å². The predicted octanol–water partition coefficient (Wildman–Crippen LogP) is 2.79. The molecule has 0 saturated carbocycles. The Morgan fingerprint density at radius 1 is 1.15 bits per heavy atom. The summed E-state index contributed by atoms with van der Waals surface area (Å²) < 4.78 is 13.1. The van der Waals surface area contributed by atoms with Gasteiger partial charge < -0.3 is 10.2 Å². The number of nitrogens with zero attached hydrogens (tertiary/aromatic N) is 1. The Bertz CT molecular complexity index is 928. The number of quaternary nitrogens is 1. The summed E-state index contributed by atoms with van der Waals surface area (Å²) in [4.78, 5) is 19.6. The number of para-hydroxylation sites is 1. The number of aromatic nitrogens is 1. The Hall–Kier alpha value is -2.44. The zero-order valence-corrected chi connectivity index (χ0v) is 16.3. The van der Waals surface area contributed by atoms with Crippen LogP contribution >= 0.6 is 11.8 Å². The van der Waals surface area contributed by atoms with Crippen LogP contribution in [0.5, 0.6) is 0 Å². The Morgan fingerprint density at radius 3 is 2.63 bits per heavy atom. The minimum absolute atomic E-state index is 0.0942. The summed E-state index contributed by atoms with van der Waals surface area (Å²) in [5.41, 5.74) is 1.38. The molecule has 1 heterocycles. The molecule has 0 fully saturated rings. The Morgan fingerprint density at radius 2 is 1.89 bits per heavy atom. The van der Waals surface area contributed by atoms with Gasteiger partial charge in [-0.15, -0.1) is 0 Å². The number of carbonyl (C=O) groups excluding carboxylic acids is 1. The van der Waals surface area contributed by atoms with Crippen LogP contribution in [-0.4, -0.2) is 38.1 Å². The SMILES string of the molecule is C[NH+](C)CCCNC(=O)c1cc(Sc2ccc(F)cc2)nc2ccccc12. The zero-order chi connectivity index (χ0) is 19.2. The van der Waals surface area contributed by atoms with E-state index in [4.69, 9.17) is 0 Å². The highest BCUT2D eigenvalue weighted by Crippen LogP contribution is 2.29. The lowest BCUT2D eigenvalue weighted by molar-refractivity contribution is -0.858. The summed E-state index contributed by atoms with van der Waals surface area (Å²) in [6, 6.07) is 15.7. The van der Waals surface area contributed by atoms with Crippen molar-refractivity contribution >= 4 is 28.6 Å². The van der Waals surface area contributed by atoms with E-state index in [1.807, 2.05) is 30.3 Å². The zero-order valence-electron chi connectivity index (χ0n) is 15.5. The molecule has 1 aromatic heterocycles. The van der Waals surface area contributed by atoms with Crippen LogP contribution in [0.4, 0.5) is 4.39 Å². The lowest BCUT2D eigenvalue weighted by Crippen LogP contribution is -3.05. The van der Waals surface area contributed by atoms with Gasteiger partial charge in [-0.1, -0.05) is 30.0 Å². The number of carbonyl (C=O) groups is 1. The fourth-order valence-electron chi connectivity index (χ4n) is 2.75. The number of benzene rings is 2. The molecule has 0 radical (unpaired) electrons. The van der Waals surface area contributed by atoms with Crippen molar-refractivity contribution in [3.05, 3.63) is 66.0 Å². The number of nitrogens with one attached hydrogen (secondary N) is 2. The monoisotopic (exact) mass is 384 g/mol. The van der Waals surface area contributed by atoms with Crippen LogP contribution in [0.15, 0.2) is 64.5 Å². The van der Waals surface area contributed by atoms with Gasteiger partial charge in [-0.25, -0.2) is 9.37 Å². The van der Waals surface area contributed by atoms with Gasteiger partial charge in [0.05, 0.1) is 31.7 Å². The molecule has 0 bridgehead atoms. The molecule has 0 atom stereocenters. The van der Waals surface area contributed by atoms with Crippen LogP contribution in [0.2, 0.25) is 0 Å². The first kappa shape index (κ1) is 19.3. The van der Waals surface area contributed by atoms with E-state index in [1.54, 1.807) is 12.1 Å². The Balaban J connectivity index is 1.84. The topological polar surface area (TPSA) is 46.4 Å². The number of hydrogen-bond acceptors (Lipinski definition) is 3. The van der Waals surface area contributed by atoms with E-state index in [-0.39, 0.29) is 11.7 Å². The summed E-state index contributed by atoms with van der Waals surface area (Å²) in [5, 5.41) is 4.55. The first-order valence-electron chi connectivity index (χ1n) is 8.93. The number of fused-ring (bicyclic) bond motifs is 1. The second kappa shape index (κ2) is 8.97. The number of hydrogen-bond donors (Lipinski definition) is 2. The number of amides is 1. The molecule has 3 rings (SSSR count).